The third-order valence-corrected chi connectivity index (χ3v) is 8.86. The average molecular weight is 399 g/mol. The van der Waals surface area contributed by atoms with Gasteiger partial charge in [-0.1, -0.05) is 85.6 Å². The van der Waals surface area contributed by atoms with Crippen molar-refractivity contribution in [1.29, 1.82) is 0 Å². The Labute approximate surface area is 177 Å². The molecule has 0 fully saturated rings. The molecule has 0 unspecified atom stereocenters. The van der Waals surface area contributed by atoms with Crippen LogP contribution in [0, 0.1) is 13.8 Å². The van der Waals surface area contributed by atoms with Crippen molar-refractivity contribution < 1.29 is 0 Å². The Morgan fingerprint density at radius 3 is 0.966 bits per heavy atom. The first kappa shape index (κ1) is 21.0. The van der Waals surface area contributed by atoms with Crippen molar-refractivity contribution in [3.63, 3.8) is 0 Å². The van der Waals surface area contributed by atoms with Crippen LogP contribution in [-0.2, 0) is 0 Å². The molecule has 0 nitrogen and oxygen atoms in total. The van der Waals surface area contributed by atoms with Crippen LogP contribution in [0.25, 0.3) is 0 Å². The highest BCUT2D eigenvalue weighted by atomic mass is 32.3. The quantitative estimate of drug-likeness (QED) is 0.322. The fourth-order valence-corrected chi connectivity index (χ4v) is 7.40. The summed E-state index contributed by atoms with van der Waals surface area (Å²) in [5.74, 6) is 0. The first-order chi connectivity index (χ1) is 14.2. The lowest BCUT2D eigenvalue weighted by Gasteiger charge is -2.42. The topological polar surface area (TPSA) is 0 Å². The molecule has 29 heavy (non-hydrogen) atoms. The number of rotatable bonds is 4. The van der Waals surface area contributed by atoms with Gasteiger partial charge in [0.25, 0.3) is 0 Å². The average Bonchev–Trinajstić information content (AvgIpc) is 2.79. The minimum atomic E-state index is -1.54. The standard InChI is InChI=1S/C26H24S.C2H6/c1-21-13-17-25(18-14-21)27(23-9-5-3-6-10-23,24-11-7-4-8-12-24)26-19-15-22(2)16-20-26;1-2/h3-20H,1-2H3;1-2H3. The van der Waals surface area contributed by atoms with Crippen LogP contribution in [0.15, 0.2) is 129 Å². The van der Waals surface area contributed by atoms with E-state index in [9.17, 15) is 0 Å². The van der Waals surface area contributed by atoms with E-state index in [4.69, 9.17) is 0 Å². The van der Waals surface area contributed by atoms with Crippen LogP contribution in [0.4, 0.5) is 0 Å². The molecule has 0 bridgehead atoms. The van der Waals surface area contributed by atoms with E-state index >= 15 is 0 Å². The Morgan fingerprint density at radius 2 is 0.655 bits per heavy atom. The van der Waals surface area contributed by atoms with Crippen LogP contribution in [0.3, 0.4) is 0 Å². The third-order valence-electron chi connectivity index (χ3n) is 4.94. The van der Waals surface area contributed by atoms with Gasteiger partial charge in [0.05, 0.1) is 0 Å². The van der Waals surface area contributed by atoms with E-state index in [0.29, 0.717) is 0 Å². The van der Waals surface area contributed by atoms with Gasteiger partial charge in [0.2, 0.25) is 0 Å². The number of benzene rings is 4. The molecule has 1 heteroatoms. The van der Waals surface area contributed by atoms with Gasteiger partial charge < -0.3 is 0 Å². The summed E-state index contributed by atoms with van der Waals surface area (Å²) in [5, 5.41) is 0. The Balaban J connectivity index is 0.00000117. The summed E-state index contributed by atoms with van der Waals surface area (Å²) in [6.45, 7) is 8.30. The molecule has 0 aliphatic carbocycles. The molecular formula is C28H30S. The van der Waals surface area contributed by atoms with E-state index in [0.717, 1.165) is 0 Å². The molecule has 0 aromatic heterocycles. The van der Waals surface area contributed by atoms with Crippen LogP contribution in [0.1, 0.15) is 25.0 Å². The van der Waals surface area contributed by atoms with E-state index in [1.54, 1.807) is 0 Å². The number of aryl methyl sites for hydroxylation is 2. The lowest BCUT2D eigenvalue weighted by molar-refractivity contribution is 1.23. The molecule has 4 rings (SSSR count). The Bertz CT molecular complexity index is 914. The number of hydrogen-bond acceptors (Lipinski definition) is 0. The van der Waals surface area contributed by atoms with Crippen LogP contribution in [0.2, 0.25) is 0 Å². The maximum absolute atomic E-state index is 2.31. The highest BCUT2D eigenvalue weighted by Gasteiger charge is 2.32. The first-order valence-corrected chi connectivity index (χ1v) is 11.9. The highest BCUT2D eigenvalue weighted by Crippen LogP contribution is 2.73. The molecule has 0 aliphatic rings. The maximum Gasteiger partial charge on any atom is 0.00231 e. The van der Waals surface area contributed by atoms with Crippen LogP contribution in [0.5, 0.6) is 0 Å². The van der Waals surface area contributed by atoms with Gasteiger partial charge in [-0.25, -0.2) is 0 Å². The van der Waals surface area contributed by atoms with Crippen molar-refractivity contribution in [2.24, 2.45) is 0 Å². The monoisotopic (exact) mass is 398 g/mol. The van der Waals surface area contributed by atoms with Gasteiger partial charge in [-0.2, -0.15) is 0 Å². The fraction of sp³-hybridized carbons (Fsp3) is 0.143. The lowest BCUT2D eigenvalue weighted by atomic mass is 10.2. The van der Waals surface area contributed by atoms with Gasteiger partial charge in [-0.05, 0) is 62.4 Å². The van der Waals surface area contributed by atoms with Crippen LogP contribution in [-0.4, -0.2) is 0 Å². The summed E-state index contributed by atoms with van der Waals surface area (Å²) in [4.78, 5) is 5.47. The number of hydrogen-bond donors (Lipinski definition) is 0. The maximum atomic E-state index is 2.31. The summed E-state index contributed by atoms with van der Waals surface area (Å²) in [7, 11) is -1.54. The van der Waals surface area contributed by atoms with Crippen molar-refractivity contribution >= 4 is 10.0 Å². The molecule has 148 valence electrons. The normalized spacial score (nSPS) is 11.3. The summed E-state index contributed by atoms with van der Waals surface area (Å²) in [5.41, 5.74) is 2.58. The van der Waals surface area contributed by atoms with Crippen molar-refractivity contribution in [2.45, 2.75) is 47.3 Å². The molecule has 0 amide bonds. The molecular weight excluding hydrogens is 368 g/mol. The summed E-state index contributed by atoms with van der Waals surface area (Å²) in [6.07, 6.45) is 0. The second-order valence-corrected chi connectivity index (χ2v) is 9.97. The highest BCUT2D eigenvalue weighted by molar-refractivity contribution is 8.34. The van der Waals surface area contributed by atoms with Gasteiger partial charge in [0.1, 0.15) is 0 Å². The smallest absolute Gasteiger partial charge is 0.00231 e. The van der Waals surface area contributed by atoms with E-state index in [1.165, 1.54) is 30.7 Å². The zero-order valence-corrected chi connectivity index (χ0v) is 18.6. The van der Waals surface area contributed by atoms with Crippen LogP contribution < -0.4 is 0 Å². The van der Waals surface area contributed by atoms with Crippen molar-refractivity contribution in [3.05, 3.63) is 120 Å². The summed E-state index contributed by atoms with van der Waals surface area (Å²) >= 11 is 0. The zero-order valence-electron chi connectivity index (χ0n) is 17.8. The lowest BCUT2D eigenvalue weighted by Crippen LogP contribution is -2.05. The summed E-state index contributed by atoms with van der Waals surface area (Å²) < 4.78 is 0. The van der Waals surface area contributed by atoms with E-state index in [2.05, 4.69) is 123 Å². The largest absolute Gasteiger partial charge is 0.133 e. The van der Waals surface area contributed by atoms with E-state index in [-0.39, 0.29) is 0 Å². The molecule has 4 aromatic rings. The minimum absolute atomic E-state index is 1.29. The molecule has 0 heterocycles. The molecule has 0 aliphatic heterocycles. The molecule has 0 spiro atoms. The molecule has 0 N–H and O–H groups in total. The second-order valence-electron chi connectivity index (χ2n) is 6.86. The van der Waals surface area contributed by atoms with Gasteiger partial charge in [0.15, 0.2) is 0 Å². The van der Waals surface area contributed by atoms with Crippen molar-refractivity contribution in [1.82, 2.24) is 0 Å². The molecule has 0 saturated heterocycles. The molecule has 4 aromatic carbocycles. The SMILES string of the molecule is CC.Cc1ccc(S(c2ccccc2)(c2ccccc2)c2ccc(C)cc2)cc1. The zero-order chi connectivity index (χ0) is 20.7. The first-order valence-electron chi connectivity index (χ1n) is 10.3. The predicted molar refractivity (Wildman–Crippen MR) is 127 cm³/mol. The molecule has 0 radical (unpaired) electrons. The minimum Gasteiger partial charge on any atom is -0.133 e. The van der Waals surface area contributed by atoms with E-state index < -0.39 is 10.0 Å². The Kier molecular flexibility index (Phi) is 6.95. The van der Waals surface area contributed by atoms with Crippen molar-refractivity contribution in [3.8, 4) is 0 Å². The molecule has 0 atom stereocenters. The van der Waals surface area contributed by atoms with Gasteiger partial charge in [-0.15, -0.1) is 10.0 Å². The van der Waals surface area contributed by atoms with Gasteiger partial charge >= 0.3 is 0 Å². The summed E-state index contributed by atoms with van der Waals surface area (Å²) in [6, 6.07) is 40.1. The van der Waals surface area contributed by atoms with Crippen molar-refractivity contribution in [2.75, 3.05) is 0 Å². The molecule has 0 saturated carbocycles. The fourth-order valence-electron chi connectivity index (χ4n) is 3.55. The van der Waals surface area contributed by atoms with Gasteiger partial charge in [0, 0.05) is 19.6 Å². The van der Waals surface area contributed by atoms with Crippen LogP contribution >= 0.6 is 10.0 Å². The predicted octanol–water partition coefficient (Wildman–Crippen LogP) is 8.67. The Morgan fingerprint density at radius 1 is 0.379 bits per heavy atom. The second kappa shape index (κ2) is 9.62. The van der Waals surface area contributed by atoms with Gasteiger partial charge in [-0.3, -0.25) is 0 Å². The van der Waals surface area contributed by atoms with E-state index in [1.807, 2.05) is 13.8 Å². The third kappa shape index (κ3) is 4.16. The Hall–Kier alpha value is -2.77.